The van der Waals surface area contributed by atoms with Crippen molar-refractivity contribution in [2.75, 3.05) is 25.4 Å². The second-order valence-electron chi connectivity index (χ2n) is 6.89. The number of carbonyl (C=O) groups is 2. The Balaban J connectivity index is 1.78. The minimum atomic E-state index is -3.28. The summed E-state index contributed by atoms with van der Waals surface area (Å²) in [4.78, 5) is 26.4. The van der Waals surface area contributed by atoms with Gasteiger partial charge in [0.2, 0.25) is 21.8 Å². The maximum absolute atomic E-state index is 12.3. The molecule has 1 aromatic rings. The average Bonchev–Trinajstić information content (AvgIpc) is 3.05. The van der Waals surface area contributed by atoms with Gasteiger partial charge in [-0.2, -0.15) is 0 Å². The molecule has 0 aliphatic carbocycles. The first-order valence-electron chi connectivity index (χ1n) is 9.43. The number of nitrogens with zero attached hydrogens (tertiary/aromatic N) is 1. The number of sulfonamides is 1. The van der Waals surface area contributed by atoms with Gasteiger partial charge in [0, 0.05) is 26.1 Å². The Morgan fingerprint density at radius 1 is 1.26 bits per heavy atom. The van der Waals surface area contributed by atoms with Crippen molar-refractivity contribution in [3.8, 4) is 0 Å². The Morgan fingerprint density at radius 2 is 1.96 bits per heavy atom. The van der Waals surface area contributed by atoms with Crippen molar-refractivity contribution < 1.29 is 18.0 Å². The molecule has 1 aliphatic heterocycles. The summed E-state index contributed by atoms with van der Waals surface area (Å²) >= 11 is 0. The number of hydrogen-bond acceptors (Lipinski definition) is 4. The molecule has 27 heavy (non-hydrogen) atoms. The van der Waals surface area contributed by atoms with Crippen LogP contribution in [0.1, 0.15) is 44.7 Å². The molecule has 1 aromatic carbocycles. The fourth-order valence-corrected chi connectivity index (χ4v) is 4.36. The lowest BCUT2D eigenvalue weighted by Crippen LogP contribution is -2.39. The molecule has 1 fully saturated rings. The number of carbonyl (C=O) groups excluding carboxylic acids is 2. The molecular weight excluding hydrogens is 366 g/mol. The third kappa shape index (κ3) is 6.32. The zero-order chi connectivity index (χ0) is 19.9. The SMILES string of the molecule is CCCCS(=O)(=O)NCCNC(=O)C1CC(=O)N(C(C)c2ccccc2)C1. The maximum Gasteiger partial charge on any atom is 0.225 e. The second-order valence-corrected chi connectivity index (χ2v) is 8.82. The Kier molecular flexibility index (Phi) is 7.79. The monoisotopic (exact) mass is 395 g/mol. The molecule has 2 rings (SSSR count). The smallest absolute Gasteiger partial charge is 0.225 e. The van der Waals surface area contributed by atoms with Gasteiger partial charge in [0.1, 0.15) is 0 Å². The highest BCUT2D eigenvalue weighted by molar-refractivity contribution is 7.89. The lowest BCUT2D eigenvalue weighted by atomic mass is 10.1. The summed E-state index contributed by atoms with van der Waals surface area (Å²) in [6.45, 7) is 4.63. The molecule has 0 saturated carbocycles. The molecule has 1 saturated heterocycles. The number of likely N-dealkylation sites (tertiary alicyclic amines) is 1. The zero-order valence-corrected chi connectivity index (χ0v) is 16.8. The summed E-state index contributed by atoms with van der Waals surface area (Å²) in [5.41, 5.74) is 1.04. The molecule has 150 valence electrons. The summed E-state index contributed by atoms with van der Waals surface area (Å²) in [5.74, 6) is -0.549. The number of nitrogens with one attached hydrogen (secondary N) is 2. The van der Waals surface area contributed by atoms with Gasteiger partial charge >= 0.3 is 0 Å². The van der Waals surface area contributed by atoms with Crippen LogP contribution in [0.15, 0.2) is 30.3 Å². The predicted octanol–water partition coefficient (Wildman–Crippen LogP) is 1.43. The summed E-state index contributed by atoms with van der Waals surface area (Å²) < 4.78 is 25.9. The highest BCUT2D eigenvalue weighted by Gasteiger charge is 2.36. The first-order valence-corrected chi connectivity index (χ1v) is 11.1. The number of rotatable bonds is 10. The van der Waals surface area contributed by atoms with Gasteiger partial charge < -0.3 is 10.2 Å². The number of unbranched alkanes of at least 4 members (excludes halogenated alkanes) is 1. The fraction of sp³-hybridized carbons (Fsp3) is 0.579. The average molecular weight is 396 g/mol. The van der Waals surface area contributed by atoms with Crippen LogP contribution in [0, 0.1) is 5.92 Å². The molecule has 8 heteroatoms. The van der Waals surface area contributed by atoms with Crippen LogP contribution in [0.3, 0.4) is 0 Å². The Labute approximate surface area is 161 Å². The number of amides is 2. The molecule has 2 N–H and O–H groups in total. The van der Waals surface area contributed by atoms with E-state index < -0.39 is 15.9 Å². The normalized spacial score (nSPS) is 18.5. The van der Waals surface area contributed by atoms with E-state index in [0.29, 0.717) is 13.0 Å². The summed E-state index contributed by atoms with van der Waals surface area (Å²) in [6, 6.07) is 9.64. The summed E-state index contributed by atoms with van der Waals surface area (Å²) in [6.07, 6.45) is 1.61. The van der Waals surface area contributed by atoms with Gasteiger partial charge in [-0.3, -0.25) is 9.59 Å². The van der Waals surface area contributed by atoms with Gasteiger partial charge in [0.05, 0.1) is 17.7 Å². The maximum atomic E-state index is 12.3. The lowest BCUT2D eigenvalue weighted by Gasteiger charge is -2.25. The molecule has 0 spiro atoms. The van der Waals surface area contributed by atoms with E-state index in [2.05, 4.69) is 10.0 Å². The first kappa shape index (κ1) is 21.4. The highest BCUT2D eigenvalue weighted by atomic mass is 32.2. The molecule has 2 atom stereocenters. The largest absolute Gasteiger partial charge is 0.354 e. The van der Waals surface area contributed by atoms with E-state index in [0.717, 1.165) is 12.0 Å². The van der Waals surface area contributed by atoms with E-state index >= 15 is 0 Å². The fourth-order valence-electron chi connectivity index (χ4n) is 3.14. The topological polar surface area (TPSA) is 95.6 Å². The van der Waals surface area contributed by atoms with Gasteiger partial charge in [0.25, 0.3) is 0 Å². The molecular formula is C19H29N3O4S. The third-order valence-electron chi connectivity index (χ3n) is 4.79. The van der Waals surface area contributed by atoms with E-state index in [4.69, 9.17) is 0 Å². The van der Waals surface area contributed by atoms with Crippen molar-refractivity contribution >= 4 is 21.8 Å². The summed E-state index contributed by atoms with van der Waals surface area (Å²) in [5, 5.41) is 2.73. The molecule has 7 nitrogen and oxygen atoms in total. The summed E-state index contributed by atoms with van der Waals surface area (Å²) in [7, 11) is -3.28. The van der Waals surface area contributed by atoms with Crippen LogP contribution in [-0.2, 0) is 19.6 Å². The van der Waals surface area contributed by atoms with E-state index in [1.54, 1.807) is 4.90 Å². The van der Waals surface area contributed by atoms with Gasteiger partial charge in [-0.1, -0.05) is 43.7 Å². The van der Waals surface area contributed by atoms with Crippen molar-refractivity contribution in [3.63, 3.8) is 0 Å². The van der Waals surface area contributed by atoms with Crippen molar-refractivity contribution in [3.05, 3.63) is 35.9 Å². The molecule has 1 aliphatic rings. The molecule has 2 unspecified atom stereocenters. The van der Waals surface area contributed by atoms with Crippen molar-refractivity contribution in [1.82, 2.24) is 14.9 Å². The Morgan fingerprint density at radius 3 is 2.63 bits per heavy atom. The van der Waals surface area contributed by atoms with E-state index in [1.807, 2.05) is 44.2 Å². The van der Waals surface area contributed by atoms with Crippen LogP contribution in [0.4, 0.5) is 0 Å². The van der Waals surface area contributed by atoms with E-state index in [-0.39, 0.29) is 43.1 Å². The minimum absolute atomic E-state index is 0.0354. The van der Waals surface area contributed by atoms with Gasteiger partial charge in [0.15, 0.2) is 0 Å². The lowest BCUT2D eigenvalue weighted by molar-refractivity contribution is -0.130. The first-order chi connectivity index (χ1) is 12.8. The third-order valence-corrected chi connectivity index (χ3v) is 6.26. The van der Waals surface area contributed by atoms with Crippen LogP contribution >= 0.6 is 0 Å². The predicted molar refractivity (Wildman–Crippen MR) is 104 cm³/mol. The number of benzene rings is 1. The van der Waals surface area contributed by atoms with Crippen LogP contribution in [-0.4, -0.2) is 50.5 Å². The van der Waals surface area contributed by atoms with Crippen LogP contribution < -0.4 is 10.0 Å². The van der Waals surface area contributed by atoms with Crippen molar-refractivity contribution in [2.45, 2.75) is 39.2 Å². The van der Waals surface area contributed by atoms with E-state index in [9.17, 15) is 18.0 Å². The quantitative estimate of drug-likeness (QED) is 0.586. The Hall–Kier alpha value is -1.93. The highest BCUT2D eigenvalue weighted by Crippen LogP contribution is 2.28. The zero-order valence-electron chi connectivity index (χ0n) is 16.0. The van der Waals surface area contributed by atoms with Gasteiger partial charge in [-0.05, 0) is 18.9 Å². The molecule has 0 bridgehead atoms. The number of hydrogen-bond donors (Lipinski definition) is 2. The molecule has 0 radical (unpaired) electrons. The minimum Gasteiger partial charge on any atom is -0.354 e. The molecule has 0 aromatic heterocycles. The van der Waals surface area contributed by atoms with Crippen LogP contribution in [0.2, 0.25) is 0 Å². The van der Waals surface area contributed by atoms with E-state index in [1.165, 1.54) is 0 Å². The van der Waals surface area contributed by atoms with Crippen LogP contribution in [0.5, 0.6) is 0 Å². The Bertz CT molecular complexity index is 737. The standard InChI is InChI=1S/C19H29N3O4S/c1-3-4-12-27(25,26)21-11-10-20-19(24)17-13-18(23)22(14-17)15(2)16-8-6-5-7-9-16/h5-9,15,17,21H,3-4,10-14H2,1-2H3,(H,20,24). The van der Waals surface area contributed by atoms with Gasteiger partial charge in [-0.25, -0.2) is 13.1 Å². The molecule has 1 heterocycles. The van der Waals surface area contributed by atoms with Gasteiger partial charge in [-0.15, -0.1) is 0 Å². The van der Waals surface area contributed by atoms with Crippen molar-refractivity contribution in [2.24, 2.45) is 5.92 Å². The second kappa shape index (κ2) is 9.85. The molecule has 2 amide bonds. The van der Waals surface area contributed by atoms with Crippen molar-refractivity contribution in [1.29, 1.82) is 0 Å². The van der Waals surface area contributed by atoms with Crippen LogP contribution in [0.25, 0.3) is 0 Å².